The third-order valence-electron chi connectivity index (χ3n) is 4.09. The fraction of sp³-hybridized carbons (Fsp3) is 0.500. The fourth-order valence-corrected chi connectivity index (χ4v) is 2.89. The molecular formula is C16H22ClN3O4. The summed E-state index contributed by atoms with van der Waals surface area (Å²) in [6, 6.07) is 7.11. The fourth-order valence-electron chi connectivity index (χ4n) is 2.89. The average Bonchev–Trinajstić information content (AvgIpc) is 2.99. The van der Waals surface area contributed by atoms with Gasteiger partial charge in [-0.25, -0.2) is 0 Å². The maximum atomic E-state index is 12.0. The van der Waals surface area contributed by atoms with Crippen LogP contribution < -0.4 is 20.3 Å². The van der Waals surface area contributed by atoms with Gasteiger partial charge in [0.2, 0.25) is 5.91 Å². The highest BCUT2D eigenvalue weighted by atomic mass is 35.5. The highest BCUT2D eigenvalue weighted by Gasteiger charge is 2.28. The maximum Gasteiger partial charge on any atom is 0.265 e. The molecule has 1 fully saturated rings. The Hall–Kier alpha value is -1.83. The van der Waals surface area contributed by atoms with Crippen molar-refractivity contribution in [3.8, 4) is 5.75 Å². The van der Waals surface area contributed by atoms with E-state index in [9.17, 15) is 14.7 Å². The number of aliphatic hydroxyl groups excluding tert-OH is 1. The molecule has 8 heteroatoms. The second-order valence-electron chi connectivity index (χ2n) is 5.80. The first-order valence-corrected chi connectivity index (χ1v) is 7.86. The van der Waals surface area contributed by atoms with Gasteiger partial charge in [0, 0.05) is 19.6 Å². The molecule has 0 radical (unpaired) electrons. The highest BCUT2D eigenvalue weighted by Crippen LogP contribution is 2.31. The van der Waals surface area contributed by atoms with Crippen LogP contribution in [0.15, 0.2) is 24.3 Å². The van der Waals surface area contributed by atoms with Crippen molar-refractivity contribution in [2.75, 3.05) is 31.1 Å². The lowest BCUT2D eigenvalue weighted by atomic mass is 10.2. The lowest BCUT2D eigenvalue weighted by Crippen LogP contribution is -2.43. The minimum Gasteiger partial charge on any atom is -0.482 e. The SMILES string of the molecule is Cl.O=C(NCCCN1C(=O)COc2ccccc21)C1CC(O)CN1. The van der Waals surface area contributed by atoms with Gasteiger partial charge in [-0.3, -0.25) is 9.59 Å². The molecule has 2 aliphatic rings. The molecule has 0 spiro atoms. The largest absolute Gasteiger partial charge is 0.482 e. The van der Waals surface area contributed by atoms with Gasteiger partial charge in [0.25, 0.3) is 5.91 Å². The van der Waals surface area contributed by atoms with Crippen molar-refractivity contribution in [1.82, 2.24) is 10.6 Å². The van der Waals surface area contributed by atoms with Crippen LogP contribution in [0.25, 0.3) is 0 Å². The summed E-state index contributed by atoms with van der Waals surface area (Å²) in [6.07, 6.45) is 0.649. The Labute approximate surface area is 146 Å². The first-order valence-electron chi connectivity index (χ1n) is 7.86. The second-order valence-corrected chi connectivity index (χ2v) is 5.80. The van der Waals surface area contributed by atoms with Gasteiger partial charge >= 0.3 is 0 Å². The first-order chi connectivity index (χ1) is 11.1. The molecular weight excluding hydrogens is 334 g/mol. The number of anilines is 1. The predicted octanol–water partition coefficient (Wildman–Crippen LogP) is 0.0629. The third-order valence-corrected chi connectivity index (χ3v) is 4.09. The van der Waals surface area contributed by atoms with Crippen LogP contribution in [0.1, 0.15) is 12.8 Å². The summed E-state index contributed by atoms with van der Waals surface area (Å²) in [5.41, 5.74) is 0.774. The normalized spacial score (nSPS) is 22.4. The first kappa shape index (κ1) is 18.5. The van der Waals surface area contributed by atoms with Crippen LogP contribution in [0, 0.1) is 0 Å². The Bertz CT molecular complexity index is 598. The van der Waals surface area contributed by atoms with E-state index >= 15 is 0 Å². The molecule has 2 unspecified atom stereocenters. The topological polar surface area (TPSA) is 90.9 Å². The lowest BCUT2D eigenvalue weighted by molar-refractivity contribution is -0.123. The van der Waals surface area contributed by atoms with Crippen LogP contribution >= 0.6 is 12.4 Å². The molecule has 1 aromatic rings. The van der Waals surface area contributed by atoms with E-state index in [2.05, 4.69) is 10.6 Å². The van der Waals surface area contributed by atoms with Gasteiger partial charge in [-0.15, -0.1) is 12.4 Å². The van der Waals surface area contributed by atoms with Gasteiger partial charge in [0.1, 0.15) is 5.75 Å². The van der Waals surface area contributed by atoms with Gasteiger partial charge in [-0.1, -0.05) is 12.1 Å². The number of hydrogen-bond donors (Lipinski definition) is 3. The molecule has 0 aliphatic carbocycles. The van der Waals surface area contributed by atoms with Crippen molar-refractivity contribution in [2.45, 2.75) is 25.0 Å². The Morgan fingerprint density at radius 2 is 2.21 bits per heavy atom. The molecule has 3 rings (SSSR count). The van der Waals surface area contributed by atoms with Crippen LogP contribution in [-0.2, 0) is 9.59 Å². The van der Waals surface area contributed by atoms with E-state index in [0.29, 0.717) is 38.2 Å². The molecule has 0 bridgehead atoms. The van der Waals surface area contributed by atoms with E-state index in [1.165, 1.54) is 0 Å². The minimum atomic E-state index is -0.451. The molecule has 2 heterocycles. The summed E-state index contributed by atoms with van der Waals surface area (Å²) in [4.78, 5) is 25.6. The van der Waals surface area contributed by atoms with Crippen molar-refractivity contribution < 1.29 is 19.4 Å². The van der Waals surface area contributed by atoms with E-state index < -0.39 is 6.10 Å². The summed E-state index contributed by atoms with van der Waals surface area (Å²) in [5, 5.41) is 15.2. The number of fused-ring (bicyclic) bond motifs is 1. The molecule has 3 N–H and O–H groups in total. The molecule has 0 aromatic heterocycles. The Kier molecular flexibility index (Phi) is 6.42. The van der Waals surface area contributed by atoms with Gasteiger partial charge in [-0.2, -0.15) is 0 Å². The van der Waals surface area contributed by atoms with Crippen LogP contribution in [0.4, 0.5) is 5.69 Å². The quantitative estimate of drug-likeness (QED) is 0.650. The number of nitrogens with zero attached hydrogens (tertiary/aromatic N) is 1. The summed E-state index contributed by atoms with van der Waals surface area (Å²) >= 11 is 0. The number of hydrogen-bond acceptors (Lipinski definition) is 5. The molecule has 0 saturated carbocycles. The molecule has 2 atom stereocenters. The zero-order chi connectivity index (χ0) is 16.2. The minimum absolute atomic E-state index is 0. The van der Waals surface area contributed by atoms with Gasteiger partial charge in [0.15, 0.2) is 6.61 Å². The standard InChI is InChI=1S/C16H21N3O4.ClH/c20-11-8-12(18-9-11)16(22)17-6-3-7-19-13-4-1-2-5-14(13)23-10-15(19)21;/h1-2,4-5,11-12,18,20H,3,6-10H2,(H,17,22);1H. The lowest BCUT2D eigenvalue weighted by Gasteiger charge is -2.29. The Balaban J connectivity index is 0.00000208. The molecule has 1 saturated heterocycles. The molecule has 24 heavy (non-hydrogen) atoms. The van der Waals surface area contributed by atoms with Crippen molar-refractivity contribution >= 4 is 29.9 Å². The van der Waals surface area contributed by atoms with Crippen LogP contribution in [0.5, 0.6) is 5.75 Å². The van der Waals surface area contributed by atoms with E-state index in [0.717, 1.165) is 5.69 Å². The van der Waals surface area contributed by atoms with Crippen LogP contribution in [0.2, 0.25) is 0 Å². The molecule has 7 nitrogen and oxygen atoms in total. The summed E-state index contributed by atoms with van der Waals surface area (Å²) < 4.78 is 5.40. The number of benzene rings is 1. The predicted molar refractivity (Wildman–Crippen MR) is 91.6 cm³/mol. The zero-order valence-corrected chi connectivity index (χ0v) is 14.1. The van der Waals surface area contributed by atoms with Gasteiger partial charge < -0.3 is 25.4 Å². The van der Waals surface area contributed by atoms with E-state index in [4.69, 9.17) is 4.74 Å². The van der Waals surface area contributed by atoms with Crippen molar-refractivity contribution in [1.29, 1.82) is 0 Å². The molecule has 2 amide bonds. The highest BCUT2D eigenvalue weighted by molar-refractivity contribution is 5.97. The van der Waals surface area contributed by atoms with Crippen LogP contribution in [-0.4, -0.2) is 55.3 Å². The van der Waals surface area contributed by atoms with E-state index in [1.54, 1.807) is 4.90 Å². The van der Waals surface area contributed by atoms with Crippen LogP contribution in [0.3, 0.4) is 0 Å². The number of rotatable bonds is 5. The number of ether oxygens (including phenoxy) is 1. The zero-order valence-electron chi connectivity index (χ0n) is 13.2. The third kappa shape index (κ3) is 4.17. The van der Waals surface area contributed by atoms with Gasteiger partial charge in [-0.05, 0) is 25.0 Å². The molecule has 1 aromatic carbocycles. The van der Waals surface area contributed by atoms with E-state index in [1.807, 2.05) is 24.3 Å². The van der Waals surface area contributed by atoms with E-state index in [-0.39, 0.29) is 36.9 Å². The number of carbonyl (C=O) groups is 2. The van der Waals surface area contributed by atoms with Crippen molar-refractivity contribution in [3.05, 3.63) is 24.3 Å². The summed E-state index contributed by atoms with van der Waals surface area (Å²) in [7, 11) is 0. The number of para-hydroxylation sites is 2. The molecule has 132 valence electrons. The maximum absolute atomic E-state index is 12.0. The Morgan fingerprint density at radius 1 is 1.42 bits per heavy atom. The van der Waals surface area contributed by atoms with Crippen molar-refractivity contribution in [3.63, 3.8) is 0 Å². The average molecular weight is 356 g/mol. The number of β-amino-alcohol motifs (C(OH)–C–C–N with tert-alkyl or cyclic N) is 1. The molecule has 2 aliphatic heterocycles. The summed E-state index contributed by atoms with van der Waals surface area (Å²) in [5.74, 6) is 0.533. The number of carbonyl (C=O) groups excluding carboxylic acids is 2. The smallest absolute Gasteiger partial charge is 0.265 e. The number of amides is 2. The number of nitrogens with one attached hydrogen (secondary N) is 2. The number of halogens is 1. The monoisotopic (exact) mass is 355 g/mol. The Morgan fingerprint density at radius 3 is 2.96 bits per heavy atom. The summed E-state index contributed by atoms with van der Waals surface area (Å²) in [6.45, 7) is 1.52. The van der Waals surface area contributed by atoms with Crippen molar-refractivity contribution in [2.24, 2.45) is 0 Å². The second kappa shape index (κ2) is 8.32. The van der Waals surface area contributed by atoms with Gasteiger partial charge in [0.05, 0.1) is 17.8 Å². The number of aliphatic hydroxyl groups is 1.